The van der Waals surface area contributed by atoms with Crippen LogP contribution >= 0.6 is 0 Å². The van der Waals surface area contributed by atoms with Gasteiger partial charge in [-0.15, -0.1) is 0 Å². The molecule has 0 spiro atoms. The molecule has 1 aliphatic rings. The molecule has 1 aromatic carbocycles. The predicted octanol–water partition coefficient (Wildman–Crippen LogP) is 3.03. The standard InChI is InChI=1S/C17H21N3O/c1-3-7-15-16(17(21)18-13-10-11-13)12(2)20(19-15)14-8-5-4-6-9-14/h4-6,8-9,13H,3,7,10-11H2,1-2H3,(H,18,21). The van der Waals surface area contributed by atoms with Crippen LogP contribution in [0.15, 0.2) is 30.3 Å². The van der Waals surface area contributed by atoms with E-state index in [2.05, 4.69) is 17.3 Å². The largest absolute Gasteiger partial charge is 0.349 e. The van der Waals surface area contributed by atoms with Crippen LogP contribution in [0, 0.1) is 6.92 Å². The fourth-order valence-corrected chi connectivity index (χ4v) is 2.57. The summed E-state index contributed by atoms with van der Waals surface area (Å²) in [6.45, 7) is 4.08. The van der Waals surface area contributed by atoms with Crippen molar-refractivity contribution in [3.05, 3.63) is 47.3 Å². The molecule has 1 fully saturated rings. The van der Waals surface area contributed by atoms with Gasteiger partial charge in [0.15, 0.2) is 0 Å². The fourth-order valence-electron chi connectivity index (χ4n) is 2.57. The number of rotatable bonds is 5. The maximum absolute atomic E-state index is 12.5. The topological polar surface area (TPSA) is 46.9 Å². The maximum atomic E-state index is 12.5. The van der Waals surface area contributed by atoms with E-state index in [9.17, 15) is 4.79 Å². The van der Waals surface area contributed by atoms with Gasteiger partial charge in [-0.25, -0.2) is 4.68 Å². The second-order valence-corrected chi connectivity index (χ2v) is 5.65. The van der Waals surface area contributed by atoms with Gasteiger partial charge < -0.3 is 5.32 Å². The van der Waals surface area contributed by atoms with Gasteiger partial charge in [-0.1, -0.05) is 31.5 Å². The first-order valence-corrected chi connectivity index (χ1v) is 7.65. The van der Waals surface area contributed by atoms with Gasteiger partial charge in [0.1, 0.15) is 0 Å². The van der Waals surface area contributed by atoms with E-state index in [0.717, 1.165) is 48.3 Å². The minimum Gasteiger partial charge on any atom is -0.349 e. The Labute approximate surface area is 125 Å². The number of hydrogen-bond donors (Lipinski definition) is 1. The third-order valence-electron chi connectivity index (χ3n) is 3.82. The number of aryl methyl sites for hydroxylation is 1. The third-order valence-corrected chi connectivity index (χ3v) is 3.82. The van der Waals surface area contributed by atoms with Crippen LogP contribution in [0.2, 0.25) is 0 Å². The highest BCUT2D eigenvalue weighted by molar-refractivity contribution is 5.97. The SMILES string of the molecule is CCCc1nn(-c2ccccc2)c(C)c1C(=O)NC1CC1. The third kappa shape index (κ3) is 2.84. The highest BCUT2D eigenvalue weighted by Crippen LogP contribution is 2.23. The summed E-state index contributed by atoms with van der Waals surface area (Å²) in [5.41, 5.74) is 3.57. The molecule has 1 N–H and O–H groups in total. The van der Waals surface area contributed by atoms with Gasteiger partial charge in [-0.05, 0) is 38.3 Å². The van der Waals surface area contributed by atoms with Crippen molar-refractivity contribution in [2.75, 3.05) is 0 Å². The molecule has 1 aromatic heterocycles. The number of hydrogen-bond acceptors (Lipinski definition) is 2. The fraction of sp³-hybridized carbons (Fsp3) is 0.412. The summed E-state index contributed by atoms with van der Waals surface area (Å²) in [6.07, 6.45) is 4.00. The number of para-hydroxylation sites is 1. The Bertz CT molecular complexity index is 642. The molecule has 4 nitrogen and oxygen atoms in total. The van der Waals surface area contributed by atoms with Crippen LogP contribution in [0.5, 0.6) is 0 Å². The van der Waals surface area contributed by atoms with E-state index in [0.29, 0.717) is 6.04 Å². The predicted molar refractivity (Wildman–Crippen MR) is 82.8 cm³/mol. The van der Waals surface area contributed by atoms with Crippen LogP contribution in [0.4, 0.5) is 0 Å². The molecule has 0 aliphatic heterocycles. The molecule has 0 radical (unpaired) electrons. The van der Waals surface area contributed by atoms with Gasteiger partial charge in [0, 0.05) is 6.04 Å². The van der Waals surface area contributed by atoms with Crippen LogP contribution in [0.1, 0.15) is 47.9 Å². The van der Waals surface area contributed by atoms with Crippen molar-refractivity contribution in [2.45, 2.75) is 45.6 Å². The number of amides is 1. The average Bonchev–Trinajstić information content (AvgIpc) is 3.23. The van der Waals surface area contributed by atoms with Crippen molar-refractivity contribution in [3.8, 4) is 5.69 Å². The van der Waals surface area contributed by atoms with E-state index in [4.69, 9.17) is 0 Å². The molecule has 1 amide bonds. The minimum atomic E-state index is 0.0284. The number of benzene rings is 1. The lowest BCUT2D eigenvalue weighted by atomic mass is 10.1. The van der Waals surface area contributed by atoms with Gasteiger partial charge in [0.25, 0.3) is 5.91 Å². The molecule has 21 heavy (non-hydrogen) atoms. The summed E-state index contributed by atoms with van der Waals surface area (Å²) in [4.78, 5) is 12.5. The Morgan fingerprint density at radius 3 is 2.67 bits per heavy atom. The molecule has 0 saturated heterocycles. The first-order chi connectivity index (χ1) is 10.2. The van der Waals surface area contributed by atoms with Gasteiger partial charge >= 0.3 is 0 Å². The van der Waals surface area contributed by atoms with Crippen LogP contribution in [0.3, 0.4) is 0 Å². The normalized spacial score (nSPS) is 14.2. The first kappa shape index (κ1) is 13.9. The zero-order valence-electron chi connectivity index (χ0n) is 12.6. The second-order valence-electron chi connectivity index (χ2n) is 5.65. The summed E-state index contributed by atoms with van der Waals surface area (Å²) in [7, 11) is 0. The Morgan fingerprint density at radius 2 is 2.05 bits per heavy atom. The van der Waals surface area contributed by atoms with Crippen molar-refractivity contribution in [3.63, 3.8) is 0 Å². The summed E-state index contributed by atoms with van der Waals surface area (Å²) >= 11 is 0. The molecule has 0 unspecified atom stereocenters. The van der Waals surface area contributed by atoms with Crippen LogP contribution < -0.4 is 5.32 Å². The van der Waals surface area contributed by atoms with Crippen molar-refractivity contribution in [1.82, 2.24) is 15.1 Å². The Hall–Kier alpha value is -2.10. The zero-order valence-corrected chi connectivity index (χ0v) is 12.6. The Balaban J connectivity index is 2.00. The van der Waals surface area contributed by atoms with E-state index >= 15 is 0 Å². The van der Waals surface area contributed by atoms with Crippen molar-refractivity contribution < 1.29 is 4.79 Å². The number of carbonyl (C=O) groups excluding carboxylic acids is 1. The van der Waals surface area contributed by atoms with Crippen molar-refractivity contribution in [1.29, 1.82) is 0 Å². The van der Waals surface area contributed by atoms with E-state index in [1.807, 2.05) is 41.9 Å². The molecule has 1 heterocycles. The zero-order chi connectivity index (χ0) is 14.8. The quantitative estimate of drug-likeness (QED) is 0.917. The molecule has 1 aliphatic carbocycles. The van der Waals surface area contributed by atoms with E-state index < -0.39 is 0 Å². The number of aromatic nitrogens is 2. The second kappa shape index (κ2) is 5.72. The van der Waals surface area contributed by atoms with Crippen molar-refractivity contribution in [2.24, 2.45) is 0 Å². The lowest BCUT2D eigenvalue weighted by Crippen LogP contribution is -2.26. The maximum Gasteiger partial charge on any atom is 0.255 e. The Morgan fingerprint density at radius 1 is 1.33 bits per heavy atom. The molecular weight excluding hydrogens is 262 g/mol. The van der Waals surface area contributed by atoms with Crippen LogP contribution in [-0.4, -0.2) is 21.7 Å². The van der Waals surface area contributed by atoms with Crippen LogP contribution in [0.25, 0.3) is 5.69 Å². The molecule has 3 rings (SSSR count). The lowest BCUT2D eigenvalue weighted by molar-refractivity contribution is 0.0949. The molecule has 4 heteroatoms. The van der Waals surface area contributed by atoms with Crippen molar-refractivity contribution >= 4 is 5.91 Å². The number of nitrogens with one attached hydrogen (secondary N) is 1. The monoisotopic (exact) mass is 283 g/mol. The van der Waals surface area contributed by atoms with Gasteiger partial charge in [0.05, 0.1) is 22.6 Å². The molecule has 0 atom stereocenters. The first-order valence-electron chi connectivity index (χ1n) is 7.65. The van der Waals surface area contributed by atoms with Crippen LogP contribution in [-0.2, 0) is 6.42 Å². The summed E-state index contributed by atoms with van der Waals surface area (Å²) in [6, 6.07) is 10.3. The summed E-state index contributed by atoms with van der Waals surface area (Å²) in [5.74, 6) is 0.0284. The average molecular weight is 283 g/mol. The van der Waals surface area contributed by atoms with E-state index in [-0.39, 0.29) is 5.91 Å². The number of carbonyl (C=O) groups is 1. The molecular formula is C17H21N3O. The van der Waals surface area contributed by atoms with Gasteiger partial charge in [-0.2, -0.15) is 5.10 Å². The molecule has 2 aromatic rings. The summed E-state index contributed by atoms with van der Waals surface area (Å²) < 4.78 is 1.88. The van der Waals surface area contributed by atoms with Gasteiger partial charge in [0.2, 0.25) is 0 Å². The summed E-state index contributed by atoms with van der Waals surface area (Å²) in [5, 5.41) is 7.76. The highest BCUT2D eigenvalue weighted by atomic mass is 16.1. The number of nitrogens with zero attached hydrogens (tertiary/aromatic N) is 2. The molecule has 0 bridgehead atoms. The smallest absolute Gasteiger partial charge is 0.255 e. The van der Waals surface area contributed by atoms with E-state index in [1.165, 1.54) is 0 Å². The van der Waals surface area contributed by atoms with E-state index in [1.54, 1.807) is 0 Å². The van der Waals surface area contributed by atoms with Gasteiger partial charge in [-0.3, -0.25) is 4.79 Å². The molecule has 110 valence electrons. The highest BCUT2D eigenvalue weighted by Gasteiger charge is 2.27. The molecule has 1 saturated carbocycles. The lowest BCUT2D eigenvalue weighted by Gasteiger charge is -2.06. The Kier molecular flexibility index (Phi) is 3.78. The minimum absolute atomic E-state index is 0.0284.